The van der Waals surface area contributed by atoms with E-state index in [0.29, 0.717) is 16.7 Å². The van der Waals surface area contributed by atoms with Gasteiger partial charge in [0.15, 0.2) is 5.03 Å². The average molecular weight is 276 g/mol. The van der Waals surface area contributed by atoms with Crippen molar-refractivity contribution in [3.63, 3.8) is 0 Å². The van der Waals surface area contributed by atoms with Crippen LogP contribution in [0.3, 0.4) is 0 Å². The lowest BCUT2D eigenvalue weighted by atomic mass is 10.2. The lowest BCUT2D eigenvalue weighted by Crippen LogP contribution is -1.96. The standard InChI is InChI=1S/C13H12N2O3S/c1-18-12-8-7-11(15(16)17)13(14-12)19-9-10-5-3-2-4-6-10/h2-8H,9H2,1H3. The number of rotatable bonds is 5. The Kier molecular flexibility index (Phi) is 4.35. The zero-order chi connectivity index (χ0) is 13.7. The van der Waals surface area contributed by atoms with Crippen molar-refractivity contribution in [3.8, 4) is 5.88 Å². The molecule has 0 aliphatic rings. The Hall–Kier alpha value is -2.08. The summed E-state index contributed by atoms with van der Waals surface area (Å²) in [6, 6.07) is 12.6. The zero-order valence-corrected chi connectivity index (χ0v) is 11.1. The summed E-state index contributed by atoms with van der Waals surface area (Å²) in [5.41, 5.74) is 1.09. The first-order valence-electron chi connectivity index (χ1n) is 5.57. The first-order valence-corrected chi connectivity index (χ1v) is 6.55. The Morgan fingerprint density at radius 1 is 1.26 bits per heavy atom. The molecule has 0 saturated carbocycles. The van der Waals surface area contributed by atoms with Crippen LogP contribution in [0.2, 0.25) is 0 Å². The first-order chi connectivity index (χ1) is 9.20. The summed E-state index contributed by atoms with van der Waals surface area (Å²) in [7, 11) is 1.49. The summed E-state index contributed by atoms with van der Waals surface area (Å²) in [6.07, 6.45) is 0. The van der Waals surface area contributed by atoms with Gasteiger partial charge < -0.3 is 4.74 Å². The van der Waals surface area contributed by atoms with Crippen LogP contribution in [0.4, 0.5) is 5.69 Å². The smallest absolute Gasteiger partial charge is 0.301 e. The Bertz CT molecular complexity index is 575. The molecule has 6 heteroatoms. The quantitative estimate of drug-likeness (QED) is 0.476. The molecule has 5 nitrogen and oxygen atoms in total. The molecule has 1 aromatic carbocycles. The molecule has 0 N–H and O–H groups in total. The van der Waals surface area contributed by atoms with Crippen LogP contribution >= 0.6 is 11.8 Å². The first kappa shape index (κ1) is 13.4. The number of hydrogen-bond acceptors (Lipinski definition) is 5. The second kappa shape index (κ2) is 6.19. The summed E-state index contributed by atoms with van der Waals surface area (Å²) in [4.78, 5) is 14.6. The minimum atomic E-state index is -0.431. The lowest BCUT2D eigenvalue weighted by Gasteiger charge is -2.04. The number of nitrogens with zero attached hydrogens (tertiary/aromatic N) is 2. The van der Waals surface area contributed by atoms with E-state index in [4.69, 9.17) is 4.74 Å². The van der Waals surface area contributed by atoms with Gasteiger partial charge in [0.1, 0.15) is 0 Å². The Labute approximate surface area is 114 Å². The number of benzene rings is 1. The molecule has 0 atom stereocenters. The van der Waals surface area contributed by atoms with Gasteiger partial charge in [-0.05, 0) is 5.56 Å². The maximum Gasteiger partial charge on any atom is 0.301 e. The molecule has 0 aliphatic carbocycles. The van der Waals surface area contributed by atoms with Gasteiger partial charge in [-0.25, -0.2) is 0 Å². The molecule has 0 spiro atoms. The van der Waals surface area contributed by atoms with E-state index in [2.05, 4.69) is 4.98 Å². The number of hydrogen-bond donors (Lipinski definition) is 0. The largest absolute Gasteiger partial charge is 0.481 e. The molecule has 0 unspecified atom stereocenters. The molecule has 19 heavy (non-hydrogen) atoms. The SMILES string of the molecule is COc1ccc([N+](=O)[O-])c(SCc2ccccc2)n1. The lowest BCUT2D eigenvalue weighted by molar-refractivity contribution is -0.388. The maximum absolute atomic E-state index is 10.9. The summed E-state index contributed by atoms with van der Waals surface area (Å²) < 4.78 is 4.99. The van der Waals surface area contributed by atoms with E-state index >= 15 is 0 Å². The van der Waals surface area contributed by atoms with E-state index in [1.807, 2.05) is 30.3 Å². The van der Waals surface area contributed by atoms with Gasteiger partial charge in [-0.3, -0.25) is 10.1 Å². The molecule has 2 aromatic rings. The number of nitro groups is 1. The molecule has 0 bridgehead atoms. The van der Waals surface area contributed by atoms with Crippen molar-refractivity contribution in [1.29, 1.82) is 0 Å². The van der Waals surface area contributed by atoms with Crippen LogP contribution in [0, 0.1) is 10.1 Å². The van der Waals surface area contributed by atoms with Crippen molar-refractivity contribution in [1.82, 2.24) is 4.98 Å². The van der Waals surface area contributed by atoms with Crippen LogP contribution in [0.5, 0.6) is 5.88 Å². The van der Waals surface area contributed by atoms with Gasteiger partial charge >= 0.3 is 5.69 Å². The number of methoxy groups -OCH3 is 1. The van der Waals surface area contributed by atoms with E-state index in [0.717, 1.165) is 5.56 Å². The minimum Gasteiger partial charge on any atom is -0.481 e. The van der Waals surface area contributed by atoms with E-state index in [1.165, 1.54) is 31.0 Å². The molecule has 0 saturated heterocycles. The fraction of sp³-hybridized carbons (Fsp3) is 0.154. The number of thioether (sulfide) groups is 1. The normalized spacial score (nSPS) is 10.2. The molecule has 0 radical (unpaired) electrons. The zero-order valence-electron chi connectivity index (χ0n) is 10.3. The Balaban J connectivity index is 2.20. The van der Waals surface area contributed by atoms with Gasteiger partial charge in [0.05, 0.1) is 12.0 Å². The van der Waals surface area contributed by atoms with Crippen molar-refractivity contribution in [2.24, 2.45) is 0 Å². The fourth-order valence-electron chi connectivity index (χ4n) is 1.50. The van der Waals surface area contributed by atoms with Crippen LogP contribution in [-0.4, -0.2) is 17.0 Å². The van der Waals surface area contributed by atoms with Crippen LogP contribution in [0.15, 0.2) is 47.5 Å². The third kappa shape index (κ3) is 3.45. The number of pyridine rings is 1. The van der Waals surface area contributed by atoms with Gasteiger partial charge in [-0.1, -0.05) is 42.1 Å². The van der Waals surface area contributed by atoms with E-state index in [9.17, 15) is 10.1 Å². The number of aromatic nitrogens is 1. The summed E-state index contributed by atoms with van der Waals surface area (Å²) in [5, 5.41) is 11.3. The molecule has 0 fully saturated rings. The van der Waals surface area contributed by atoms with Gasteiger partial charge in [0.25, 0.3) is 0 Å². The van der Waals surface area contributed by atoms with Gasteiger partial charge in [-0.2, -0.15) is 4.98 Å². The van der Waals surface area contributed by atoms with Crippen LogP contribution < -0.4 is 4.74 Å². The summed E-state index contributed by atoms with van der Waals surface area (Å²) >= 11 is 1.33. The monoisotopic (exact) mass is 276 g/mol. The molecule has 2 rings (SSSR count). The van der Waals surface area contributed by atoms with Gasteiger partial charge in [-0.15, -0.1) is 0 Å². The Morgan fingerprint density at radius 3 is 2.63 bits per heavy atom. The van der Waals surface area contributed by atoms with Crippen molar-refractivity contribution in [2.75, 3.05) is 7.11 Å². The van der Waals surface area contributed by atoms with Crippen LogP contribution in [0.1, 0.15) is 5.56 Å². The number of ether oxygens (including phenoxy) is 1. The molecule has 0 aliphatic heterocycles. The highest BCUT2D eigenvalue weighted by Crippen LogP contribution is 2.31. The maximum atomic E-state index is 10.9. The highest BCUT2D eigenvalue weighted by atomic mass is 32.2. The average Bonchev–Trinajstić information content (AvgIpc) is 2.45. The third-order valence-electron chi connectivity index (χ3n) is 2.44. The predicted molar refractivity (Wildman–Crippen MR) is 73.4 cm³/mol. The molecule has 1 aromatic heterocycles. The molecular formula is C13H12N2O3S. The second-order valence-corrected chi connectivity index (χ2v) is 4.67. The minimum absolute atomic E-state index is 0.00160. The van der Waals surface area contributed by atoms with Crippen LogP contribution in [0.25, 0.3) is 0 Å². The Morgan fingerprint density at radius 2 is 2.00 bits per heavy atom. The topological polar surface area (TPSA) is 65.3 Å². The van der Waals surface area contributed by atoms with E-state index in [-0.39, 0.29) is 5.69 Å². The predicted octanol–water partition coefficient (Wildman–Crippen LogP) is 3.29. The third-order valence-corrected chi connectivity index (χ3v) is 3.49. The highest BCUT2D eigenvalue weighted by molar-refractivity contribution is 7.98. The van der Waals surface area contributed by atoms with Crippen molar-refractivity contribution in [3.05, 3.63) is 58.1 Å². The second-order valence-electron chi connectivity index (χ2n) is 3.71. The summed E-state index contributed by atoms with van der Waals surface area (Å²) in [6.45, 7) is 0. The van der Waals surface area contributed by atoms with Gasteiger partial charge in [0.2, 0.25) is 5.88 Å². The molecule has 1 heterocycles. The van der Waals surface area contributed by atoms with Crippen molar-refractivity contribution in [2.45, 2.75) is 10.8 Å². The fourth-order valence-corrected chi connectivity index (χ4v) is 2.44. The molecule has 0 amide bonds. The van der Waals surface area contributed by atoms with Crippen molar-refractivity contribution < 1.29 is 9.66 Å². The van der Waals surface area contributed by atoms with Crippen molar-refractivity contribution >= 4 is 17.4 Å². The molecular weight excluding hydrogens is 264 g/mol. The summed E-state index contributed by atoms with van der Waals surface area (Å²) in [5.74, 6) is 1.00. The van der Waals surface area contributed by atoms with Crippen LogP contribution in [-0.2, 0) is 5.75 Å². The van der Waals surface area contributed by atoms with Gasteiger partial charge in [0, 0.05) is 17.9 Å². The van der Waals surface area contributed by atoms with E-state index < -0.39 is 4.92 Å². The molecule has 98 valence electrons. The van der Waals surface area contributed by atoms with E-state index in [1.54, 1.807) is 0 Å². The highest BCUT2D eigenvalue weighted by Gasteiger charge is 2.16.